The maximum Gasteiger partial charge on any atom is 0.166 e. The molecule has 1 saturated carbocycles. The zero-order valence-electron chi connectivity index (χ0n) is 9.45. The quantitative estimate of drug-likeness (QED) is 0.488. The first-order valence-electron chi connectivity index (χ1n) is 5.79. The van der Waals surface area contributed by atoms with Crippen molar-refractivity contribution in [1.82, 2.24) is 0 Å². The van der Waals surface area contributed by atoms with Crippen LogP contribution in [0.2, 0.25) is 0 Å². The highest BCUT2D eigenvalue weighted by molar-refractivity contribution is 6.12. The van der Waals surface area contributed by atoms with Crippen LogP contribution in [0.5, 0.6) is 0 Å². The van der Waals surface area contributed by atoms with Crippen LogP contribution in [0.25, 0.3) is 0 Å². The van der Waals surface area contributed by atoms with Gasteiger partial charge in [0.1, 0.15) is 0 Å². The first-order valence-corrected chi connectivity index (χ1v) is 5.79. The third kappa shape index (κ3) is 1.56. The summed E-state index contributed by atoms with van der Waals surface area (Å²) in [5.74, 6) is 1.08. The monoisotopic (exact) mass is 206 g/mol. The van der Waals surface area contributed by atoms with E-state index in [1.165, 1.54) is 12.8 Å². The van der Waals surface area contributed by atoms with E-state index in [2.05, 4.69) is 13.8 Å². The van der Waals surface area contributed by atoms with Gasteiger partial charge >= 0.3 is 0 Å². The molecule has 2 aliphatic carbocycles. The van der Waals surface area contributed by atoms with Gasteiger partial charge in [0.15, 0.2) is 12.1 Å². The first-order chi connectivity index (χ1) is 7.08. The molecule has 0 heterocycles. The summed E-state index contributed by atoms with van der Waals surface area (Å²) in [5, 5.41) is 0. The molecule has 0 aromatic carbocycles. The van der Waals surface area contributed by atoms with Crippen molar-refractivity contribution in [3.8, 4) is 0 Å². The molecule has 0 saturated heterocycles. The molecule has 3 atom stereocenters. The van der Waals surface area contributed by atoms with Crippen molar-refractivity contribution in [2.24, 2.45) is 17.3 Å². The molecule has 15 heavy (non-hydrogen) atoms. The molecule has 2 nitrogen and oxygen atoms in total. The molecule has 0 spiro atoms. The highest BCUT2D eigenvalue weighted by Crippen LogP contribution is 2.50. The average molecular weight is 206 g/mol. The number of Topliss-reactive ketones (excluding diaryl/α,β-unsaturated/α-hetero) is 1. The smallest absolute Gasteiger partial charge is 0.166 e. The van der Waals surface area contributed by atoms with Crippen LogP contribution in [0.1, 0.15) is 39.5 Å². The Bertz CT molecular complexity index is 329. The van der Waals surface area contributed by atoms with E-state index < -0.39 is 0 Å². The Hall–Kier alpha value is -0.920. The van der Waals surface area contributed by atoms with Crippen LogP contribution < -0.4 is 0 Å². The third-order valence-electron chi connectivity index (χ3n) is 4.48. The Morgan fingerprint density at radius 2 is 2.20 bits per heavy atom. The van der Waals surface area contributed by atoms with E-state index in [-0.39, 0.29) is 11.2 Å². The van der Waals surface area contributed by atoms with Gasteiger partial charge in [0.05, 0.1) is 5.57 Å². The summed E-state index contributed by atoms with van der Waals surface area (Å²) < 4.78 is 0. The molecule has 0 unspecified atom stereocenters. The fourth-order valence-electron chi connectivity index (χ4n) is 3.13. The Morgan fingerprint density at radius 1 is 1.47 bits per heavy atom. The summed E-state index contributed by atoms with van der Waals surface area (Å²) in [6, 6.07) is 0. The summed E-state index contributed by atoms with van der Waals surface area (Å²) in [5.41, 5.74) is 0.477. The topological polar surface area (TPSA) is 34.1 Å². The average Bonchev–Trinajstić information content (AvgIpc) is 2.21. The van der Waals surface area contributed by atoms with E-state index in [4.69, 9.17) is 0 Å². The molecule has 0 aliphatic heterocycles. The lowest BCUT2D eigenvalue weighted by molar-refractivity contribution is -0.121. The number of allylic oxidation sites excluding steroid dienone is 2. The van der Waals surface area contributed by atoms with Crippen molar-refractivity contribution in [2.45, 2.75) is 39.5 Å². The lowest BCUT2D eigenvalue weighted by Gasteiger charge is -2.46. The summed E-state index contributed by atoms with van der Waals surface area (Å²) in [6.45, 7) is 4.44. The third-order valence-corrected chi connectivity index (χ3v) is 4.48. The highest BCUT2D eigenvalue weighted by atomic mass is 16.1. The van der Waals surface area contributed by atoms with Crippen LogP contribution in [0.4, 0.5) is 0 Å². The number of carbonyl (C=O) groups excluding carboxylic acids is 2. The molecule has 2 aliphatic rings. The zero-order valence-corrected chi connectivity index (χ0v) is 9.45. The lowest BCUT2D eigenvalue weighted by Crippen LogP contribution is -2.41. The molecule has 0 N–H and O–H groups in total. The van der Waals surface area contributed by atoms with Gasteiger partial charge in [0.2, 0.25) is 0 Å². The van der Waals surface area contributed by atoms with Crippen LogP contribution in [-0.4, -0.2) is 12.1 Å². The molecule has 0 bridgehead atoms. The van der Waals surface area contributed by atoms with Gasteiger partial charge in [-0.2, -0.15) is 0 Å². The van der Waals surface area contributed by atoms with Crippen molar-refractivity contribution >= 4 is 12.1 Å². The molecule has 0 aromatic rings. The number of hydrogen-bond donors (Lipinski definition) is 0. The standard InChI is InChI=1S/C13H18O2/c1-9-4-3-5-11-6-12(15)10(8-14)7-13(9,11)2/h7-9,11H,3-6H2,1-2H3/t9-,11+,13+/m0/s1. The minimum absolute atomic E-state index is 0.0431. The second-order valence-corrected chi connectivity index (χ2v) is 5.24. The predicted octanol–water partition coefficient (Wildman–Crippen LogP) is 2.53. The SMILES string of the molecule is C[C@H]1CCC[C@@H]2CC(=O)C(C=O)=C[C@@]21C. The zero-order chi connectivity index (χ0) is 11.1. The number of hydrogen-bond acceptors (Lipinski definition) is 2. The van der Waals surface area contributed by atoms with Gasteiger partial charge in [-0.25, -0.2) is 0 Å². The number of rotatable bonds is 1. The minimum Gasteiger partial charge on any atom is -0.298 e. The number of ketones is 1. The lowest BCUT2D eigenvalue weighted by atomic mass is 9.57. The minimum atomic E-state index is 0.0431. The number of fused-ring (bicyclic) bond motifs is 1. The van der Waals surface area contributed by atoms with Gasteiger partial charge in [-0.3, -0.25) is 9.59 Å². The van der Waals surface area contributed by atoms with Crippen LogP contribution in [0.15, 0.2) is 11.6 Å². The van der Waals surface area contributed by atoms with Crippen molar-refractivity contribution in [3.63, 3.8) is 0 Å². The van der Waals surface area contributed by atoms with Gasteiger partial charge in [-0.15, -0.1) is 0 Å². The molecule has 1 fully saturated rings. The fraction of sp³-hybridized carbons (Fsp3) is 0.692. The van der Waals surface area contributed by atoms with Crippen LogP contribution in [0.3, 0.4) is 0 Å². The Morgan fingerprint density at radius 3 is 2.87 bits per heavy atom. The van der Waals surface area contributed by atoms with E-state index in [0.717, 1.165) is 12.7 Å². The summed E-state index contributed by atoms with van der Waals surface area (Å²) in [7, 11) is 0. The van der Waals surface area contributed by atoms with E-state index in [1.54, 1.807) is 0 Å². The molecular weight excluding hydrogens is 188 g/mol. The Labute approximate surface area is 90.7 Å². The van der Waals surface area contributed by atoms with Crippen molar-refractivity contribution in [3.05, 3.63) is 11.6 Å². The Kier molecular flexibility index (Phi) is 2.53. The summed E-state index contributed by atoms with van der Waals surface area (Å²) in [4.78, 5) is 22.4. The molecule has 0 radical (unpaired) electrons. The van der Waals surface area contributed by atoms with Crippen LogP contribution in [-0.2, 0) is 9.59 Å². The second-order valence-electron chi connectivity index (χ2n) is 5.24. The van der Waals surface area contributed by atoms with Gasteiger partial charge < -0.3 is 0 Å². The maximum atomic E-state index is 11.6. The van der Waals surface area contributed by atoms with E-state index in [1.807, 2.05) is 6.08 Å². The number of aldehydes is 1. The van der Waals surface area contributed by atoms with Gasteiger partial charge in [-0.05, 0) is 30.1 Å². The van der Waals surface area contributed by atoms with E-state index in [9.17, 15) is 9.59 Å². The second kappa shape index (κ2) is 3.58. The summed E-state index contributed by atoms with van der Waals surface area (Å²) in [6.07, 6.45) is 6.81. The molecule has 2 rings (SSSR count). The normalized spacial score (nSPS) is 40.7. The van der Waals surface area contributed by atoms with Crippen molar-refractivity contribution in [1.29, 1.82) is 0 Å². The van der Waals surface area contributed by atoms with E-state index in [0.29, 0.717) is 23.8 Å². The Balaban J connectivity index is 2.40. The largest absolute Gasteiger partial charge is 0.298 e. The molecule has 0 aromatic heterocycles. The van der Waals surface area contributed by atoms with Crippen molar-refractivity contribution in [2.75, 3.05) is 0 Å². The molecule has 2 heteroatoms. The van der Waals surface area contributed by atoms with Crippen LogP contribution in [0, 0.1) is 17.3 Å². The first kappa shape index (κ1) is 10.6. The van der Waals surface area contributed by atoms with Gasteiger partial charge in [0.25, 0.3) is 0 Å². The number of carbonyl (C=O) groups is 2. The van der Waals surface area contributed by atoms with E-state index >= 15 is 0 Å². The van der Waals surface area contributed by atoms with Crippen LogP contribution >= 0.6 is 0 Å². The maximum absolute atomic E-state index is 11.6. The predicted molar refractivity (Wildman–Crippen MR) is 58.4 cm³/mol. The summed E-state index contributed by atoms with van der Waals surface area (Å²) >= 11 is 0. The van der Waals surface area contributed by atoms with Crippen molar-refractivity contribution < 1.29 is 9.59 Å². The molecular formula is C13H18O2. The molecule has 0 amide bonds. The van der Waals surface area contributed by atoms with Gasteiger partial charge in [0, 0.05) is 6.42 Å². The van der Waals surface area contributed by atoms with Gasteiger partial charge in [-0.1, -0.05) is 26.3 Å². The highest BCUT2D eigenvalue weighted by Gasteiger charge is 2.44. The molecule has 82 valence electrons. The fourth-order valence-corrected chi connectivity index (χ4v) is 3.13.